The highest BCUT2D eigenvalue weighted by Gasteiger charge is 2.72. The Balaban J connectivity index is 2.18. The van der Waals surface area contributed by atoms with Crippen LogP contribution in [-0.4, -0.2) is 41.6 Å². The van der Waals surface area contributed by atoms with Crippen molar-refractivity contribution in [3.05, 3.63) is 35.4 Å². The Labute approximate surface area is 116 Å². The molecule has 1 aromatic carbocycles. The fourth-order valence-electron chi connectivity index (χ4n) is 2.59. The Bertz CT molecular complexity index is 550. The van der Waals surface area contributed by atoms with Gasteiger partial charge in [0.1, 0.15) is 11.2 Å². The zero-order chi connectivity index (χ0) is 14.6. The van der Waals surface area contributed by atoms with E-state index < -0.39 is 24.3 Å². The zero-order valence-electron chi connectivity index (χ0n) is 11.2. The molecule has 3 aliphatic rings. The molecular weight excluding hydrogens is 263 g/mol. The number of carbonyl (C=O) groups excluding carboxylic acids is 1. The van der Waals surface area contributed by atoms with Crippen molar-refractivity contribution in [3.63, 3.8) is 0 Å². The molecule has 0 amide bonds. The van der Waals surface area contributed by atoms with E-state index >= 15 is 0 Å². The third-order valence-corrected chi connectivity index (χ3v) is 4.16. The van der Waals surface area contributed by atoms with Crippen LogP contribution in [0.4, 0.5) is 0 Å². The molecule has 0 aromatic heterocycles. The third-order valence-electron chi connectivity index (χ3n) is 4.16. The average Bonchev–Trinajstić information content (AvgIpc) is 2.48. The second kappa shape index (κ2) is 4.13. The van der Waals surface area contributed by atoms with E-state index in [4.69, 9.17) is 14.0 Å². The fourth-order valence-corrected chi connectivity index (χ4v) is 2.59. The summed E-state index contributed by atoms with van der Waals surface area (Å²) >= 11 is 0. The maximum Gasteiger partial charge on any atom is 0.644 e. The van der Waals surface area contributed by atoms with Crippen LogP contribution in [0.2, 0.25) is 0 Å². The first-order valence-electron chi connectivity index (χ1n) is 6.31. The van der Waals surface area contributed by atoms with Gasteiger partial charge in [0.2, 0.25) is 5.79 Å². The number of fused-ring (bicyclic) bond motifs is 3. The van der Waals surface area contributed by atoms with Crippen LogP contribution in [0.15, 0.2) is 24.3 Å². The Morgan fingerprint density at radius 2 is 1.90 bits per heavy atom. The number of hydrogen-bond donors (Lipinski definition) is 2. The predicted octanol–water partition coefficient (Wildman–Crippen LogP) is 0.216. The van der Waals surface area contributed by atoms with Crippen molar-refractivity contribution in [1.82, 2.24) is 0 Å². The minimum Gasteiger partial charge on any atom is -0.385 e. The van der Waals surface area contributed by atoms with Gasteiger partial charge < -0.3 is 24.2 Å². The minimum absolute atomic E-state index is 0.143. The molecule has 2 bridgehead atoms. The van der Waals surface area contributed by atoms with Crippen molar-refractivity contribution < 1.29 is 29.0 Å². The quantitative estimate of drug-likeness (QED) is 0.594. The lowest BCUT2D eigenvalue weighted by molar-refractivity contribution is -0.348. The van der Waals surface area contributed by atoms with Crippen LogP contribution in [0, 0.1) is 0 Å². The van der Waals surface area contributed by atoms with Gasteiger partial charge in [0.25, 0.3) is 0 Å². The van der Waals surface area contributed by atoms with E-state index in [1.165, 1.54) is 13.8 Å². The molecule has 20 heavy (non-hydrogen) atoms. The largest absolute Gasteiger partial charge is 0.644 e. The average molecular weight is 278 g/mol. The van der Waals surface area contributed by atoms with Crippen LogP contribution in [-0.2, 0) is 19.8 Å². The Morgan fingerprint density at radius 3 is 2.55 bits per heavy atom. The van der Waals surface area contributed by atoms with E-state index in [1.807, 2.05) is 0 Å². The van der Waals surface area contributed by atoms with Gasteiger partial charge in [0.05, 0.1) is 6.61 Å². The summed E-state index contributed by atoms with van der Waals surface area (Å²) in [6, 6.07) is 6.61. The highest BCUT2D eigenvalue weighted by Crippen LogP contribution is 2.53. The number of hydrogen-bond acceptors (Lipinski definition) is 6. The van der Waals surface area contributed by atoms with E-state index in [2.05, 4.69) is 0 Å². The number of carbonyl (C=O) groups is 1. The van der Waals surface area contributed by atoms with Crippen LogP contribution < -0.4 is 0 Å². The molecule has 3 saturated heterocycles. The number of benzene rings is 1. The lowest BCUT2D eigenvalue weighted by Crippen LogP contribution is -2.70. The first-order chi connectivity index (χ1) is 9.34. The molecule has 0 radical (unpaired) electrons. The van der Waals surface area contributed by atoms with Gasteiger partial charge in [0.15, 0.2) is 6.29 Å². The van der Waals surface area contributed by atoms with Crippen LogP contribution in [0.1, 0.15) is 29.8 Å². The zero-order valence-corrected chi connectivity index (χ0v) is 11.2. The van der Waals surface area contributed by atoms with Crippen molar-refractivity contribution in [3.8, 4) is 0 Å². The number of rotatable bonds is 2. The van der Waals surface area contributed by atoms with Crippen LogP contribution >= 0.6 is 0 Å². The monoisotopic (exact) mass is 278 g/mol. The normalized spacial score (nSPS) is 39.9. The third kappa shape index (κ3) is 1.55. The molecule has 3 fully saturated rings. The van der Waals surface area contributed by atoms with E-state index in [-0.39, 0.29) is 6.61 Å². The van der Waals surface area contributed by atoms with Crippen molar-refractivity contribution in [2.45, 2.75) is 30.8 Å². The summed E-state index contributed by atoms with van der Waals surface area (Å²) in [5, 5.41) is 21.3. The standard InChI is InChI=1S/C13H15BO6/c1-11(16)8-18-14-19-13(20-14,12(11,2)17)10-6-4-3-5-9(10)7-15/h3-7,16-17H,8H2,1-2H3. The van der Waals surface area contributed by atoms with Crippen molar-refractivity contribution in [2.24, 2.45) is 0 Å². The van der Waals surface area contributed by atoms with Gasteiger partial charge in [-0.05, 0) is 13.8 Å². The van der Waals surface area contributed by atoms with Gasteiger partial charge >= 0.3 is 7.32 Å². The van der Waals surface area contributed by atoms with E-state index in [0.29, 0.717) is 17.4 Å². The molecule has 7 heteroatoms. The first kappa shape index (κ1) is 13.7. The van der Waals surface area contributed by atoms with Gasteiger partial charge in [0, 0.05) is 11.1 Å². The molecule has 2 N–H and O–H groups in total. The van der Waals surface area contributed by atoms with Gasteiger partial charge in [-0.25, -0.2) is 0 Å². The summed E-state index contributed by atoms with van der Waals surface area (Å²) in [6.07, 6.45) is 0.653. The molecule has 6 nitrogen and oxygen atoms in total. The SMILES string of the molecule is CC1(O)COB2OC(c3ccccc3C=O)(O2)C1(C)O. The fraction of sp³-hybridized carbons (Fsp3) is 0.462. The summed E-state index contributed by atoms with van der Waals surface area (Å²) in [5.41, 5.74) is -2.72. The maximum atomic E-state index is 11.2. The van der Waals surface area contributed by atoms with Gasteiger partial charge in [-0.15, -0.1) is 0 Å². The van der Waals surface area contributed by atoms with Crippen molar-refractivity contribution in [1.29, 1.82) is 0 Å². The van der Waals surface area contributed by atoms with E-state index in [1.54, 1.807) is 24.3 Å². The van der Waals surface area contributed by atoms with E-state index in [9.17, 15) is 15.0 Å². The highest BCUT2D eigenvalue weighted by atomic mass is 16.9. The molecule has 106 valence electrons. The summed E-state index contributed by atoms with van der Waals surface area (Å²) in [5.74, 6) is -1.63. The molecule has 2 unspecified atom stereocenters. The summed E-state index contributed by atoms with van der Waals surface area (Å²) in [7, 11) is -0.963. The Morgan fingerprint density at radius 1 is 1.25 bits per heavy atom. The molecule has 0 aliphatic carbocycles. The van der Waals surface area contributed by atoms with Gasteiger partial charge in [-0.2, -0.15) is 0 Å². The molecule has 0 spiro atoms. The molecule has 2 atom stereocenters. The smallest absolute Gasteiger partial charge is 0.385 e. The van der Waals surface area contributed by atoms with E-state index in [0.717, 1.165) is 0 Å². The Kier molecular flexibility index (Phi) is 2.83. The van der Waals surface area contributed by atoms with Crippen LogP contribution in [0.25, 0.3) is 0 Å². The van der Waals surface area contributed by atoms with Crippen molar-refractivity contribution >= 4 is 13.6 Å². The predicted molar refractivity (Wildman–Crippen MR) is 68.6 cm³/mol. The number of aldehydes is 1. The number of aliphatic hydroxyl groups is 2. The lowest BCUT2D eigenvalue weighted by atomic mass is 9.73. The van der Waals surface area contributed by atoms with Gasteiger partial charge in [-0.1, -0.05) is 24.3 Å². The van der Waals surface area contributed by atoms with Crippen LogP contribution in [0.3, 0.4) is 0 Å². The van der Waals surface area contributed by atoms with Crippen molar-refractivity contribution in [2.75, 3.05) is 6.61 Å². The molecule has 1 aromatic rings. The summed E-state index contributed by atoms with van der Waals surface area (Å²) in [6.45, 7) is 2.70. The summed E-state index contributed by atoms with van der Waals surface area (Å²) < 4.78 is 16.3. The lowest BCUT2D eigenvalue weighted by Gasteiger charge is -2.53. The molecular formula is C13H15BO6. The molecule has 0 saturated carbocycles. The highest BCUT2D eigenvalue weighted by molar-refractivity contribution is 6.39. The maximum absolute atomic E-state index is 11.2. The Hall–Kier alpha value is -1.25. The first-order valence-corrected chi connectivity index (χ1v) is 6.31. The second-order valence-corrected chi connectivity index (χ2v) is 5.50. The van der Waals surface area contributed by atoms with Crippen LogP contribution in [0.5, 0.6) is 0 Å². The van der Waals surface area contributed by atoms with Gasteiger partial charge in [-0.3, -0.25) is 4.79 Å². The molecule has 3 aliphatic heterocycles. The summed E-state index contributed by atoms with van der Waals surface area (Å²) in [4.78, 5) is 11.2. The molecule has 3 heterocycles. The second-order valence-electron chi connectivity index (χ2n) is 5.50. The topological polar surface area (TPSA) is 85.2 Å². The minimum atomic E-state index is -1.80. The molecule has 4 rings (SSSR count).